The highest BCUT2D eigenvalue weighted by Crippen LogP contribution is 2.36. The Morgan fingerprint density at radius 1 is 0.700 bits per heavy atom. The Hall–Kier alpha value is -2.51. The van der Waals surface area contributed by atoms with Crippen LogP contribution in [0.25, 0.3) is 11.1 Å². The van der Waals surface area contributed by atoms with Crippen molar-refractivity contribution in [3.63, 3.8) is 0 Å². The monoisotopic (exact) mass is 412 g/mol. The quantitative estimate of drug-likeness (QED) is 0.453. The van der Waals surface area contributed by atoms with Crippen molar-refractivity contribution in [2.45, 2.75) is 27.7 Å². The number of hydrogen-bond acceptors (Lipinski definition) is 7. The molecule has 1 aliphatic carbocycles. The van der Waals surface area contributed by atoms with Crippen LogP contribution in [0.5, 0.6) is 11.8 Å². The molecule has 0 fully saturated rings. The first-order valence-electron chi connectivity index (χ1n) is 10.9. The van der Waals surface area contributed by atoms with Crippen LogP contribution in [-0.4, -0.2) is 78.0 Å². The predicted octanol–water partition coefficient (Wildman–Crippen LogP) is 3.13. The van der Waals surface area contributed by atoms with Crippen molar-refractivity contribution >= 4 is 5.78 Å². The molecule has 2 aromatic rings. The van der Waals surface area contributed by atoms with Crippen molar-refractivity contribution in [2.75, 3.05) is 52.5 Å². The van der Waals surface area contributed by atoms with Gasteiger partial charge in [0.15, 0.2) is 0 Å². The summed E-state index contributed by atoms with van der Waals surface area (Å²) >= 11 is 0. The number of carbonyl (C=O) groups is 1. The number of rotatable bonds is 12. The molecule has 30 heavy (non-hydrogen) atoms. The van der Waals surface area contributed by atoms with Crippen LogP contribution in [0.2, 0.25) is 0 Å². The summed E-state index contributed by atoms with van der Waals surface area (Å²) in [5.41, 5.74) is 2.40. The first-order valence-corrected chi connectivity index (χ1v) is 10.9. The Balaban J connectivity index is 1.66. The third-order valence-electron chi connectivity index (χ3n) is 5.56. The van der Waals surface area contributed by atoms with E-state index in [0.717, 1.165) is 50.4 Å². The minimum atomic E-state index is -0.177. The summed E-state index contributed by atoms with van der Waals surface area (Å²) in [7, 11) is 0. The minimum absolute atomic E-state index is 0.177. The minimum Gasteiger partial charge on any atom is -0.476 e. The number of aromatic nitrogens is 2. The van der Waals surface area contributed by atoms with Gasteiger partial charge in [-0.25, -0.2) is 9.97 Å². The van der Waals surface area contributed by atoms with E-state index in [-0.39, 0.29) is 5.78 Å². The number of nitrogens with zero attached hydrogens (tertiary/aromatic N) is 4. The summed E-state index contributed by atoms with van der Waals surface area (Å²) in [6.45, 7) is 15.2. The molecule has 162 valence electrons. The van der Waals surface area contributed by atoms with Crippen LogP contribution in [-0.2, 0) is 0 Å². The van der Waals surface area contributed by atoms with Crippen molar-refractivity contribution in [1.29, 1.82) is 0 Å². The van der Waals surface area contributed by atoms with Gasteiger partial charge >= 0.3 is 0 Å². The molecule has 0 aromatic carbocycles. The number of hydrogen-bond donors (Lipinski definition) is 0. The molecule has 0 saturated heterocycles. The zero-order chi connectivity index (χ0) is 21.5. The maximum absolute atomic E-state index is 12.9. The lowest BCUT2D eigenvalue weighted by Crippen LogP contribution is -2.28. The number of ketones is 1. The molecular formula is C23H32N4O3. The predicted molar refractivity (Wildman–Crippen MR) is 117 cm³/mol. The Morgan fingerprint density at radius 2 is 1.10 bits per heavy atom. The molecule has 7 nitrogen and oxygen atoms in total. The lowest BCUT2D eigenvalue weighted by atomic mass is 10.1. The van der Waals surface area contributed by atoms with E-state index in [2.05, 4.69) is 47.5 Å². The van der Waals surface area contributed by atoms with Crippen LogP contribution in [0.15, 0.2) is 24.3 Å². The van der Waals surface area contributed by atoms with Gasteiger partial charge in [0, 0.05) is 36.3 Å². The van der Waals surface area contributed by atoms with E-state index in [1.165, 1.54) is 0 Å². The van der Waals surface area contributed by atoms with E-state index in [9.17, 15) is 4.79 Å². The molecule has 0 bridgehead atoms. The average molecular weight is 413 g/mol. The van der Waals surface area contributed by atoms with Gasteiger partial charge in [-0.3, -0.25) is 4.79 Å². The van der Waals surface area contributed by atoms with E-state index in [4.69, 9.17) is 9.47 Å². The normalized spacial score (nSPS) is 12.4. The van der Waals surface area contributed by atoms with E-state index >= 15 is 0 Å². The van der Waals surface area contributed by atoms with Crippen molar-refractivity contribution in [3.05, 3.63) is 35.7 Å². The highest BCUT2D eigenvalue weighted by molar-refractivity contribution is 6.19. The molecule has 0 atom stereocenters. The van der Waals surface area contributed by atoms with Gasteiger partial charge in [0.1, 0.15) is 24.6 Å². The highest BCUT2D eigenvalue weighted by atomic mass is 16.5. The summed E-state index contributed by atoms with van der Waals surface area (Å²) in [5.74, 6) is 0.763. The van der Waals surface area contributed by atoms with Crippen LogP contribution in [0.1, 0.15) is 43.9 Å². The average Bonchev–Trinajstić information content (AvgIpc) is 3.05. The number of carbonyl (C=O) groups excluding carboxylic acids is 1. The summed E-state index contributed by atoms with van der Waals surface area (Å²) in [6, 6.07) is 7.42. The summed E-state index contributed by atoms with van der Waals surface area (Å²) in [6.07, 6.45) is 0. The van der Waals surface area contributed by atoms with Crippen LogP contribution in [0.4, 0.5) is 0 Å². The molecule has 0 saturated carbocycles. The third-order valence-corrected chi connectivity index (χ3v) is 5.56. The van der Waals surface area contributed by atoms with Gasteiger partial charge in [0.25, 0.3) is 0 Å². The fourth-order valence-corrected chi connectivity index (χ4v) is 3.57. The van der Waals surface area contributed by atoms with Crippen molar-refractivity contribution in [2.24, 2.45) is 0 Å². The lowest BCUT2D eigenvalue weighted by Gasteiger charge is -2.17. The van der Waals surface area contributed by atoms with Gasteiger partial charge in [-0.2, -0.15) is 0 Å². The molecule has 2 heterocycles. The second kappa shape index (κ2) is 10.5. The van der Waals surface area contributed by atoms with Gasteiger partial charge in [-0.15, -0.1) is 0 Å². The molecule has 0 unspecified atom stereocenters. The molecule has 0 radical (unpaired) electrons. The van der Waals surface area contributed by atoms with Crippen molar-refractivity contribution in [3.8, 4) is 22.9 Å². The van der Waals surface area contributed by atoms with E-state index in [0.29, 0.717) is 36.4 Å². The molecule has 3 rings (SSSR count). The van der Waals surface area contributed by atoms with E-state index in [1.807, 2.05) is 24.3 Å². The summed E-state index contributed by atoms with van der Waals surface area (Å²) in [4.78, 5) is 26.4. The largest absolute Gasteiger partial charge is 0.476 e. The van der Waals surface area contributed by atoms with Crippen LogP contribution in [0, 0.1) is 0 Å². The zero-order valence-electron chi connectivity index (χ0n) is 18.5. The maximum atomic E-state index is 12.9. The SMILES string of the molecule is CCN(CC)CCOc1ccc2c(n1)C(=O)c1nc(OCCN(CC)CC)ccc1-2. The molecule has 0 aliphatic heterocycles. The molecule has 1 aliphatic rings. The van der Waals surface area contributed by atoms with Crippen LogP contribution in [0.3, 0.4) is 0 Å². The number of ether oxygens (including phenoxy) is 2. The van der Waals surface area contributed by atoms with Gasteiger partial charge < -0.3 is 19.3 Å². The number of pyridine rings is 2. The fraction of sp³-hybridized carbons (Fsp3) is 0.522. The molecular weight excluding hydrogens is 380 g/mol. The Bertz CT molecular complexity index is 794. The number of fused-ring (bicyclic) bond motifs is 3. The number of likely N-dealkylation sites (N-methyl/N-ethyl adjacent to an activating group) is 2. The fourth-order valence-electron chi connectivity index (χ4n) is 3.57. The first-order chi connectivity index (χ1) is 14.6. The van der Waals surface area contributed by atoms with E-state index in [1.54, 1.807) is 0 Å². The van der Waals surface area contributed by atoms with Crippen LogP contribution < -0.4 is 9.47 Å². The Labute approximate surface area is 179 Å². The summed E-state index contributed by atoms with van der Waals surface area (Å²) < 4.78 is 11.6. The van der Waals surface area contributed by atoms with Crippen molar-refractivity contribution in [1.82, 2.24) is 19.8 Å². The first kappa shape index (κ1) is 22.2. The lowest BCUT2D eigenvalue weighted by molar-refractivity contribution is 0.103. The van der Waals surface area contributed by atoms with Crippen LogP contribution >= 0.6 is 0 Å². The van der Waals surface area contributed by atoms with Gasteiger partial charge in [0.2, 0.25) is 17.5 Å². The van der Waals surface area contributed by atoms with Gasteiger partial charge in [-0.05, 0) is 38.3 Å². The smallest absolute Gasteiger partial charge is 0.231 e. The standard InChI is InChI=1S/C23H32N4O3/c1-5-26(6-2)13-15-29-19-11-9-17-18-10-12-20(30-16-14-27(7-3)8-4)25-22(18)23(28)21(17)24-19/h9-12H,5-8,13-16H2,1-4H3. The van der Waals surface area contributed by atoms with Crippen molar-refractivity contribution < 1.29 is 14.3 Å². The zero-order valence-corrected chi connectivity index (χ0v) is 18.5. The molecule has 0 spiro atoms. The Morgan fingerprint density at radius 3 is 1.47 bits per heavy atom. The third kappa shape index (κ3) is 4.96. The molecule has 7 heteroatoms. The topological polar surface area (TPSA) is 67.8 Å². The molecule has 0 N–H and O–H groups in total. The summed E-state index contributed by atoms with van der Waals surface area (Å²) in [5, 5.41) is 0. The molecule has 0 amide bonds. The second-order valence-electron chi connectivity index (χ2n) is 7.17. The van der Waals surface area contributed by atoms with E-state index < -0.39 is 0 Å². The Kier molecular flexibility index (Phi) is 7.76. The second-order valence-corrected chi connectivity index (χ2v) is 7.17. The molecule has 2 aromatic heterocycles. The van der Waals surface area contributed by atoms with Gasteiger partial charge in [-0.1, -0.05) is 27.7 Å². The van der Waals surface area contributed by atoms with Gasteiger partial charge in [0.05, 0.1) is 0 Å². The maximum Gasteiger partial charge on any atom is 0.231 e. The highest BCUT2D eigenvalue weighted by Gasteiger charge is 2.30.